The molecule has 0 bridgehead atoms. The molecule has 166 valence electrons. The van der Waals surface area contributed by atoms with Gasteiger partial charge in [0.1, 0.15) is 13.2 Å². The van der Waals surface area contributed by atoms with Crippen molar-refractivity contribution in [2.45, 2.75) is 34.0 Å². The van der Waals surface area contributed by atoms with Gasteiger partial charge in [-0.2, -0.15) is 0 Å². The molecule has 0 radical (unpaired) electrons. The van der Waals surface area contributed by atoms with Gasteiger partial charge in [-0.3, -0.25) is 0 Å². The first kappa shape index (κ1) is 21.5. The number of amides is 2. The first-order valence-electron chi connectivity index (χ1n) is 10.8. The van der Waals surface area contributed by atoms with Crippen LogP contribution in [0.4, 0.5) is 9.59 Å². The molecule has 0 fully saturated rings. The number of rotatable bonds is 6. The van der Waals surface area contributed by atoms with Crippen LogP contribution in [0, 0.1) is 6.92 Å². The molecule has 2 aromatic carbocycles. The Labute approximate surface area is 186 Å². The van der Waals surface area contributed by atoms with Gasteiger partial charge in [0.05, 0.1) is 11.0 Å². The highest BCUT2D eigenvalue weighted by Crippen LogP contribution is 2.36. The summed E-state index contributed by atoms with van der Waals surface area (Å²) in [6, 6.07) is 16.4. The van der Waals surface area contributed by atoms with Gasteiger partial charge in [-0.25, -0.2) is 9.59 Å². The van der Waals surface area contributed by atoms with E-state index in [1.54, 1.807) is 0 Å². The van der Waals surface area contributed by atoms with Crippen LogP contribution >= 0.6 is 0 Å². The zero-order chi connectivity index (χ0) is 22.7. The topological polar surface area (TPSA) is 81.1 Å². The van der Waals surface area contributed by atoms with E-state index in [1.165, 1.54) is 0 Å². The number of benzene rings is 2. The van der Waals surface area contributed by atoms with E-state index in [0.29, 0.717) is 13.1 Å². The molecule has 0 aliphatic heterocycles. The molecule has 32 heavy (non-hydrogen) atoms. The number of nitrogens with one attached hydrogen (secondary N) is 2. The third-order valence-corrected chi connectivity index (χ3v) is 5.60. The minimum atomic E-state index is -0.481. The van der Waals surface area contributed by atoms with E-state index < -0.39 is 12.2 Å². The number of hydrogen-bond donors (Lipinski definition) is 2. The number of pyridine rings is 1. The van der Waals surface area contributed by atoms with E-state index in [1.807, 2.05) is 45.0 Å². The molecular weight excluding hydrogens is 406 g/mol. The second-order valence-corrected chi connectivity index (χ2v) is 7.50. The highest BCUT2D eigenvalue weighted by molar-refractivity contribution is 6.13. The molecule has 0 saturated heterocycles. The SMILES string of the molecule is CCNC(=O)OCc1c(COC(=O)NCC)c2c3ccccc3c3ccccc3n2c1C. The normalized spacial score (nSPS) is 11.1. The Morgan fingerprint density at radius 1 is 0.781 bits per heavy atom. The average Bonchev–Trinajstić information content (AvgIpc) is 3.08. The average molecular weight is 434 g/mol. The van der Waals surface area contributed by atoms with Gasteiger partial charge in [0.25, 0.3) is 0 Å². The van der Waals surface area contributed by atoms with E-state index >= 15 is 0 Å². The summed E-state index contributed by atoms with van der Waals surface area (Å²) in [5, 5.41) is 8.60. The van der Waals surface area contributed by atoms with Crippen LogP contribution in [0.15, 0.2) is 48.5 Å². The van der Waals surface area contributed by atoms with Gasteiger partial charge in [-0.15, -0.1) is 0 Å². The van der Waals surface area contributed by atoms with Gasteiger partial charge in [-0.1, -0.05) is 42.5 Å². The van der Waals surface area contributed by atoms with E-state index in [-0.39, 0.29) is 13.2 Å². The van der Waals surface area contributed by atoms with Gasteiger partial charge < -0.3 is 24.5 Å². The summed E-state index contributed by atoms with van der Waals surface area (Å²) in [4.78, 5) is 24.1. The molecule has 0 unspecified atom stereocenters. The van der Waals surface area contributed by atoms with Crippen LogP contribution in [-0.4, -0.2) is 29.7 Å². The highest BCUT2D eigenvalue weighted by Gasteiger charge is 2.22. The lowest BCUT2D eigenvalue weighted by atomic mass is 10.0. The summed E-state index contributed by atoms with van der Waals surface area (Å²) in [6.45, 7) is 6.79. The van der Waals surface area contributed by atoms with Crippen molar-refractivity contribution < 1.29 is 19.1 Å². The fourth-order valence-electron chi connectivity index (χ4n) is 4.22. The Morgan fingerprint density at radius 3 is 1.94 bits per heavy atom. The Kier molecular flexibility index (Phi) is 6.16. The maximum atomic E-state index is 12.1. The number of aryl methyl sites for hydroxylation is 1. The van der Waals surface area contributed by atoms with Crippen molar-refractivity contribution in [1.29, 1.82) is 0 Å². The Hall–Kier alpha value is -3.74. The number of hydrogen-bond acceptors (Lipinski definition) is 4. The third kappa shape index (κ3) is 3.82. The van der Waals surface area contributed by atoms with Crippen molar-refractivity contribution in [1.82, 2.24) is 15.0 Å². The quantitative estimate of drug-likeness (QED) is 0.417. The van der Waals surface area contributed by atoms with E-state index in [4.69, 9.17) is 9.47 Å². The summed E-state index contributed by atoms with van der Waals surface area (Å²) < 4.78 is 13.2. The molecule has 2 N–H and O–H groups in total. The molecule has 7 nitrogen and oxygen atoms in total. The largest absolute Gasteiger partial charge is 0.445 e. The molecule has 2 aromatic heterocycles. The van der Waals surface area contributed by atoms with Crippen molar-refractivity contribution >= 4 is 39.4 Å². The Balaban J connectivity index is 1.96. The van der Waals surface area contributed by atoms with Crippen LogP contribution in [0.1, 0.15) is 30.7 Å². The number of para-hydroxylation sites is 1. The lowest BCUT2D eigenvalue weighted by Gasteiger charge is -2.12. The molecule has 4 rings (SSSR count). The molecule has 7 heteroatoms. The number of carbonyl (C=O) groups is 2. The van der Waals surface area contributed by atoms with Crippen LogP contribution in [0.5, 0.6) is 0 Å². The summed E-state index contributed by atoms with van der Waals surface area (Å²) in [5.41, 5.74) is 4.61. The van der Waals surface area contributed by atoms with Crippen LogP contribution in [-0.2, 0) is 22.7 Å². The number of alkyl carbamates (subject to hydrolysis) is 2. The lowest BCUT2D eigenvalue weighted by molar-refractivity contribution is 0.132. The van der Waals surface area contributed by atoms with Crippen molar-refractivity contribution in [3.8, 4) is 0 Å². The molecular formula is C25H27N3O4. The van der Waals surface area contributed by atoms with E-state index in [0.717, 1.165) is 44.0 Å². The van der Waals surface area contributed by atoms with Crippen molar-refractivity contribution in [3.63, 3.8) is 0 Å². The maximum absolute atomic E-state index is 12.1. The molecule has 0 atom stereocenters. The van der Waals surface area contributed by atoms with Crippen LogP contribution in [0.3, 0.4) is 0 Å². The summed E-state index contributed by atoms with van der Waals surface area (Å²) in [5.74, 6) is 0. The number of fused-ring (bicyclic) bond motifs is 6. The van der Waals surface area contributed by atoms with Gasteiger partial charge >= 0.3 is 12.2 Å². The standard InChI is InChI=1S/C25H27N3O4/c1-4-26-24(29)31-14-20-16(3)28-22-13-9-8-11-18(22)17-10-6-7-12-19(17)23(28)21(20)15-32-25(30)27-5-2/h6-13H,4-5,14-15H2,1-3H3,(H,26,29)(H,27,30). The van der Waals surface area contributed by atoms with Gasteiger partial charge in [0, 0.05) is 40.7 Å². The van der Waals surface area contributed by atoms with Crippen LogP contribution in [0.2, 0.25) is 0 Å². The summed E-state index contributed by atoms with van der Waals surface area (Å²) >= 11 is 0. The summed E-state index contributed by atoms with van der Waals surface area (Å²) in [6.07, 6.45) is -0.961. The van der Waals surface area contributed by atoms with Gasteiger partial charge in [0.2, 0.25) is 0 Å². The molecule has 0 aliphatic carbocycles. The number of ether oxygens (including phenoxy) is 2. The first-order chi connectivity index (χ1) is 15.6. The minimum absolute atomic E-state index is 0.0690. The van der Waals surface area contributed by atoms with Crippen molar-refractivity contribution in [3.05, 3.63) is 65.4 Å². The second-order valence-electron chi connectivity index (χ2n) is 7.50. The smallest absolute Gasteiger partial charge is 0.407 e. The summed E-state index contributed by atoms with van der Waals surface area (Å²) in [7, 11) is 0. The molecule has 2 amide bonds. The third-order valence-electron chi connectivity index (χ3n) is 5.60. The lowest BCUT2D eigenvalue weighted by Crippen LogP contribution is -2.24. The monoisotopic (exact) mass is 433 g/mol. The fourth-order valence-corrected chi connectivity index (χ4v) is 4.22. The van der Waals surface area contributed by atoms with Crippen molar-refractivity contribution in [2.24, 2.45) is 0 Å². The fraction of sp³-hybridized carbons (Fsp3) is 0.280. The number of carbonyl (C=O) groups excluding carboxylic acids is 2. The van der Waals surface area contributed by atoms with Gasteiger partial charge in [-0.05, 0) is 32.2 Å². The van der Waals surface area contributed by atoms with E-state index in [2.05, 4.69) is 39.3 Å². The van der Waals surface area contributed by atoms with Crippen molar-refractivity contribution in [2.75, 3.05) is 13.1 Å². The predicted molar refractivity (Wildman–Crippen MR) is 125 cm³/mol. The number of aromatic nitrogens is 1. The number of nitrogens with zero attached hydrogens (tertiary/aromatic N) is 1. The zero-order valence-electron chi connectivity index (χ0n) is 18.5. The minimum Gasteiger partial charge on any atom is -0.445 e. The predicted octanol–water partition coefficient (Wildman–Crippen LogP) is 5.05. The Morgan fingerprint density at radius 2 is 1.31 bits per heavy atom. The highest BCUT2D eigenvalue weighted by atomic mass is 16.6. The molecule has 0 spiro atoms. The zero-order valence-corrected chi connectivity index (χ0v) is 18.5. The molecule has 4 aromatic rings. The second kappa shape index (κ2) is 9.18. The molecule has 0 aliphatic rings. The first-order valence-corrected chi connectivity index (χ1v) is 10.8. The maximum Gasteiger partial charge on any atom is 0.407 e. The van der Waals surface area contributed by atoms with Crippen LogP contribution in [0.25, 0.3) is 27.2 Å². The molecule has 2 heterocycles. The molecule has 0 saturated carbocycles. The van der Waals surface area contributed by atoms with Crippen LogP contribution < -0.4 is 10.6 Å². The van der Waals surface area contributed by atoms with Gasteiger partial charge in [0.15, 0.2) is 0 Å². The van der Waals surface area contributed by atoms with E-state index in [9.17, 15) is 9.59 Å². The Bertz CT molecular complexity index is 1310.